The van der Waals surface area contributed by atoms with E-state index in [0.717, 1.165) is 35.0 Å². The number of benzene rings is 1. The zero-order valence-electron chi connectivity index (χ0n) is 17.2. The molecule has 1 atom stereocenters. The van der Waals surface area contributed by atoms with E-state index in [2.05, 4.69) is 18.8 Å². The average molecular weight is 451 g/mol. The molecule has 1 aliphatic rings. The van der Waals surface area contributed by atoms with Gasteiger partial charge in [0.15, 0.2) is 5.16 Å². The zero-order chi connectivity index (χ0) is 22.0. The van der Waals surface area contributed by atoms with Gasteiger partial charge in [0.05, 0.1) is 22.8 Å². The number of aryl methyl sites for hydroxylation is 1. The molecular weight excluding hydrogens is 428 g/mol. The number of allylic oxidation sites excluding steroid dienone is 1. The molecule has 0 radical (unpaired) electrons. The van der Waals surface area contributed by atoms with Crippen LogP contribution in [0.2, 0.25) is 0 Å². The van der Waals surface area contributed by atoms with Gasteiger partial charge in [0.2, 0.25) is 5.91 Å². The summed E-state index contributed by atoms with van der Waals surface area (Å²) in [5, 5.41) is 12.9. The molecule has 1 aromatic carbocycles. The van der Waals surface area contributed by atoms with Crippen molar-refractivity contribution in [1.82, 2.24) is 9.55 Å². The van der Waals surface area contributed by atoms with E-state index in [1.807, 2.05) is 6.07 Å². The number of carbonyl (C=O) groups excluding carboxylic acids is 1. The highest BCUT2D eigenvalue weighted by Crippen LogP contribution is 2.36. The number of fused-ring (bicyclic) bond motifs is 3. The second-order valence-electron chi connectivity index (χ2n) is 7.66. The first-order valence-electron chi connectivity index (χ1n) is 10.1. The number of carbonyl (C=O) groups is 1. The zero-order valence-corrected chi connectivity index (χ0v) is 18.8. The van der Waals surface area contributed by atoms with Crippen LogP contribution < -0.4 is 10.9 Å². The molecule has 0 saturated carbocycles. The molecule has 158 valence electrons. The maximum absolute atomic E-state index is 13.3. The summed E-state index contributed by atoms with van der Waals surface area (Å²) in [6.07, 6.45) is 4.68. The normalized spacial score (nSPS) is 15.3. The Hall–Kier alpha value is -2.89. The molecule has 0 spiro atoms. The molecule has 0 saturated heterocycles. The largest absolute Gasteiger partial charge is 0.325 e. The number of nitrogens with one attached hydrogen (secondary N) is 1. The summed E-state index contributed by atoms with van der Waals surface area (Å²) in [6.45, 7) is 6.36. The van der Waals surface area contributed by atoms with Crippen molar-refractivity contribution in [1.29, 1.82) is 5.26 Å². The highest BCUT2D eigenvalue weighted by atomic mass is 32.2. The summed E-state index contributed by atoms with van der Waals surface area (Å²) in [4.78, 5) is 32.5. The van der Waals surface area contributed by atoms with Crippen molar-refractivity contribution in [3.05, 3.63) is 63.3 Å². The van der Waals surface area contributed by atoms with Gasteiger partial charge in [-0.1, -0.05) is 24.8 Å². The van der Waals surface area contributed by atoms with Gasteiger partial charge in [0.25, 0.3) is 5.56 Å². The number of anilines is 1. The predicted molar refractivity (Wildman–Crippen MR) is 126 cm³/mol. The van der Waals surface area contributed by atoms with Gasteiger partial charge >= 0.3 is 0 Å². The van der Waals surface area contributed by atoms with Crippen LogP contribution in [0.1, 0.15) is 29.3 Å². The second-order valence-corrected chi connectivity index (χ2v) is 9.68. The summed E-state index contributed by atoms with van der Waals surface area (Å²) in [6, 6.07) is 8.73. The Balaban J connectivity index is 1.58. The summed E-state index contributed by atoms with van der Waals surface area (Å²) < 4.78 is 1.61. The van der Waals surface area contributed by atoms with Gasteiger partial charge in [-0.05, 0) is 55.0 Å². The Labute approximate surface area is 188 Å². The van der Waals surface area contributed by atoms with Gasteiger partial charge in [0, 0.05) is 17.1 Å². The number of aromatic nitrogens is 2. The van der Waals surface area contributed by atoms with E-state index in [0.29, 0.717) is 28.9 Å². The lowest BCUT2D eigenvalue weighted by molar-refractivity contribution is -0.113. The minimum absolute atomic E-state index is 0.0491. The number of nitriles is 1. The van der Waals surface area contributed by atoms with Gasteiger partial charge in [-0.25, -0.2) is 4.98 Å². The number of thiophene rings is 1. The first-order chi connectivity index (χ1) is 15.0. The highest BCUT2D eigenvalue weighted by molar-refractivity contribution is 7.99. The van der Waals surface area contributed by atoms with E-state index in [1.54, 1.807) is 46.2 Å². The molecule has 2 heterocycles. The lowest BCUT2D eigenvalue weighted by atomic mass is 9.89. The Bertz CT molecular complexity index is 1250. The molecule has 2 aromatic heterocycles. The van der Waals surface area contributed by atoms with Crippen LogP contribution in [-0.4, -0.2) is 21.2 Å². The third-order valence-corrected chi connectivity index (χ3v) is 7.45. The van der Waals surface area contributed by atoms with E-state index < -0.39 is 0 Å². The maximum Gasteiger partial charge on any atom is 0.263 e. The van der Waals surface area contributed by atoms with Gasteiger partial charge < -0.3 is 5.32 Å². The number of hydrogen-bond donors (Lipinski definition) is 1. The number of rotatable bonds is 6. The fourth-order valence-corrected chi connectivity index (χ4v) is 5.99. The third kappa shape index (κ3) is 4.43. The SMILES string of the molecule is C=CCn1c(SCC(=O)Nc2ccc(C#N)cc2)nc2sc3c(c2c1=O)CCC(C)C3. The van der Waals surface area contributed by atoms with Gasteiger partial charge in [-0.2, -0.15) is 5.26 Å². The number of amides is 1. The Morgan fingerprint density at radius 2 is 2.23 bits per heavy atom. The Morgan fingerprint density at radius 3 is 2.94 bits per heavy atom. The van der Waals surface area contributed by atoms with Crippen LogP contribution in [0.5, 0.6) is 0 Å². The molecule has 6 nitrogen and oxygen atoms in total. The molecule has 8 heteroatoms. The fraction of sp³-hybridized carbons (Fsp3) is 0.304. The minimum atomic E-state index is -0.200. The molecule has 4 rings (SSSR count). The minimum Gasteiger partial charge on any atom is -0.325 e. The monoisotopic (exact) mass is 450 g/mol. The van der Waals surface area contributed by atoms with E-state index in [-0.39, 0.29) is 17.2 Å². The predicted octanol–water partition coefficient (Wildman–Crippen LogP) is 4.37. The van der Waals surface area contributed by atoms with Crippen LogP contribution >= 0.6 is 23.1 Å². The molecule has 1 amide bonds. The van der Waals surface area contributed by atoms with Crippen molar-refractivity contribution >= 4 is 44.9 Å². The first-order valence-corrected chi connectivity index (χ1v) is 11.9. The van der Waals surface area contributed by atoms with Crippen molar-refractivity contribution in [2.45, 2.75) is 37.9 Å². The van der Waals surface area contributed by atoms with Crippen molar-refractivity contribution < 1.29 is 4.79 Å². The average Bonchev–Trinajstić information content (AvgIpc) is 3.12. The van der Waals surface area contributed by atoms with Crippen LogP contribution in [-0.2, 0) is 24.2 Å². The van der Waals surface area contributed by atoms with Crippen LogP contribution in [0.25, 0.3) is 10.2 Å². The first kappa shape index (κ1) is 21.3. The van der Waals surface area contributed by atoms with Crippen LogP contribution in [0.4, 0.5) is 5.69 Å². The standard InChI is InChI=1S/C23H22N4O2S2/c1-3-10-27-22(29)20-17-9-4-14(2)11-18(17)31-21(20)26-23(27)30-13-19(28)25-16-7-5-15(12-24)6-8-16/h3,5-8,14H,1,4,9-11,13H2,2H3,(H,25,28). The van der Waals surface area contributed by atoms with Crippen molar-refractivity contribution in [3.63, 3.8) is 0 Å². The van der Waals surface area contributed by atoms with Crippen LogP contribution in [0.15, 0.2) is 46.9 Å². The Kier molecular flexibility index (Phi) is 6.25. The molecule has 0 bridgehead atoms. The molecule has 0 fully saturated rings. The van der Waals surface area contributed by atoms with E-state index in [1.165, 1.54) is 16.6 Å². The fourth-order valence-electron chi connectivity index (χ4n) is 3.76. The Morgan fingerprint density at radius 1 is 1.45 bits per heavy atom. The van der Waals surface area contributed by atoms with E-state index >= 15 is 0 Å². The van der Waals surface area contributed by atoms with Crippen molar-refractivity contribution in [3.8, 4) is 6.07 Å². The lowest BCUT2D eigenvalue weighted by Gasteiger charge is -2.17. The molecular formula is C23H22N4O2S2. The number of hydrogen-bond acceptors (Lipinski definition) is 6. The highest BCUT2D eigenvalue weighted by Gasteiger charge is 2.24. The maximum atomic E-state index is 13.3. The summed E-state index contributed by atoms with van der Waals surface area (Å²) >= 11 is 2.85. The van der Waals surface area contributed by atoms with Crippen molar-refractivity contribution in [2.24, 2.45) is 5.92 Å². The van der Waals surface area contributed by atoms with Crippen LogP contribution in [0, 0.1) is 17.2 Å². The van der Waals surface area contributed by atoms with Crippen LogP contribution in [0.3, 0.4) is 0 Å². The smallest absolute Gasteiger partial charge is 0.263 e. The topological polar surface area (TPSA) is 87.8 Å². The molecule has 31 heavy (non-hydrogen) atoms. The summed E-state index contributed by atoms with van der Waals surface area (Å²) in [5.74, 6) is 0.543. The van der Waals surface area contributed by atoms with Gasteiger partial charge in [-0.3, -0.25) is 14.2 Å². The molecule has 1 N–H and O–H groups in total. The quantitative estimate of drug-likeness (QED) is 0.342. The molecule has 0 aliphatic heterocycles. The van der Waals surface area contributed by atoms with Crippen molar-refractivity contribution in [2.75, 3.05) is 11.1 Å². The molecule has 3 aromatic rings. The lowest BCUT2D eigenvalue weighted by Crippen LogP contribution is -2.24. The number of nitrogens with zero attached hydrogens (tertiary/aromatic N) is 3. The summed E-state index contributed by atoms with van der Waals surface area (Å²) in [5.41, 5.74) is 2.26. The molecule has 1 unspecified atom stereocenters. The van der Waals surface area contributed by atoms with Gasteiger partial charge in [0.1, 0.15) is 4.83 Å². The van der Waals surface area contributed by atoms with E-state index in [9.17, 15) is 9.59 Å². The molecule has 1 aliphatic carbocycles. The van der Waals surface area contributed by atoms with Gasteiger partial charge in [-0.15, -0.1) is 17.9 Å². The number of thioether (sulfide) groups is 1. The third-order valence-electron chi connectivity index (χ3n) is 5.32. The second kappa shape index (κ2) is 9.08. The summed E-state index contributed by atoms with van der Waals surface area (Å²) in [7, 11) is 0. The van der Waals surface area contributed by atoms with E-state index in [4.69, 9.17) is 10.2 Å².